The number of rotatable bonds is 8. The molecule has 1 saturated heterocycles. The van der Waals surface area contributed by atoms with Crippen molar-refractivity contribution >= 4 is 40.4 Å². The monoisotopic (exact) mass is 606 g/mol. The lowest BCUT2D eigenvalue weighted by molar-refractivity contribution is -0.131. The van der Waals surface area contributed by atoms with Crippen LogP contribution in [0.2, 0.25) is 0 Å². The number of carbonyl (C=O) groups is 3. The normalized spacial score (nSPS) is 17.1. The van der Waals surface area contributed by atoms with Crippen LogP contribution in [0.5, 0.6) is 0 Å². The number of carbonyl (C=O) groups excluding carboxylic acids is 2. The molecule has 232 valence electrons. The molecule has 4 aromatic rings. The maximum Gasteiger partial charge on any atom is 0.328 e. The summed E-state index contributed by atoms with van der Waals surface area (Å²) in [5, 5.41) is 16.1. The molecule has 45 heavy (non-hydrogen) atoms. The predicted molar refractivity (Wildman–Crippen MR) is 174 cm³/mol. The number of nitrogens with zero attached hydrogens (tertiary/aromatic N) is 4. The fourth-order valence-corrected chi connectivity index (χ4v) is 6.76. The molecule has 10 nitrogen and oxygen atoms in total. The lowest BCUT2D eigenvalue weighted by Crippen LogP contribution is -2.61. The summed E-state index contributed by atoms with van der Waals surface area (Å²) in [5.41, 5.74) is 4.75. The van der Waals surface area contributed by atoms with Gasteiger partial charge >= 0.3 is 5.97 Å². The summed E-state index contributed by atoms with van der Waals surface area (Å²) in [6, 6.07) is 12.7. The number of aromatic nitrogens is 3. The second kappa shape index (κ2) is 12.6. The molecule has 6 rings (SSSR count). The third-order valence-corrected chi connectivity index (χ3v) is 9.29. The molecule has 1 aliphatic carbocycles. The molecular formula is C35H38N6O4. The van der Waals surface area contributed by atoms with Gasteiger partial charge in [0.25, 0.3) is 5.91 Å². The number of carboxylic acid groups (broad SMARTS) is 1. The van der Waals surface area contributed by atoms with E-state index in [-0.39, 0.29) is 11.8 Å². The van der Waals surface area contributed by atoms with Gasteiger partial charge < -0.3 is 25.2 Å². The molecule has 2 aromatic carbocycles. The molecule has 0 unspecified atom stereocenters. The van der Waals surface area contributed by atoms with Crippen LogP contribution in [0.25, 0.3) is 28.4 Å². The van der Waals surface area contributed by atoms with Gasteiger partial charge in [0.1, 0.15) is 11.2 Å². The molecule has 3 N–H and O–H groups in total. The standard InChI is InChI=1S/C35H38N6O4/c1-40-19-15-35(16-20-40,34(45)38-26-11-7-23(8-12-26)9-14-30(42)43)39-33(44)25-10-13-27-29(21-25)41(2)32(28-22-36-17-18-37-28)31(27)24-5-3-4-6-24/h7-14,17-18,21-22,24H,3-6,15-16,19-20H2,1-2H3,(H,38,45)(H,39,44)(H,42,43)/b14-9+. The van der Waals surface area contributed by atoms with Crippen LogP contribution in [0, 0.1) is 0 Å². The van der Waals surface area contributed by atoms with E-state index in [1.165, 1.54) is 24.5 Å². The Balaban J connectivity index is 1.29. The first-order valence-corrected chi connectivity index (χ1v) is 15.5. The number of benzene rings is 2. The van der Waals surface area contributed by atoms with E-state index in [0.29, 0.717) is 48.7 Å². The topological polar surface area (TPSA) is 129 Å². The van der Waals surface area contributed by atoms with Crippen LogP contribution < -0.4 is 10.6 Å². The highest BCUT2D eigenvalue weighted by atomic mass is 16.4. The smallest absolute Gasteiger partial charge is 0.328 e. The summed E-state index contributed by atoms with van der Waals surface area (Å²) in [7, 11) is 4.02. The van der Waals surface area contributed by atoms with E-state index in [2.05, 4.69) is 30.1 Å². The van der Waals surface area contributed by atoms with Gasteiger partial charge in [-0.05, 0) is 80.1 Å². The largest absolute Gasteiger partial charge is 0.478 e. The number of anilines is 1. The number of nitrogens with one attached hydrogen (secondary N) is 2. The Bertz CT molecular complexity index is 1750. The Morgan fingerprint density at radius 2 is 1.73 bits per heavy atom. The number of aliphatic carboxylic acids is 1. The lowest BCUT2D eigenvalue weighted by Gasteiger charge is -2.40. The molecule has 0 radical (unpaired) electrons. The molecule has 0 bridgehead atoms. The van der Waals surface area contributed by atoms with E-state index in [1.807, 2.05) is 32.3 Å². The second-order valence-electron chi connectivity index (χ2n) is 12.2. The summed E-state index contributed by atoms with van der Waals surface area (Å²) in [6.45, 7) is 1.32. The highest BCUT2D eigenvalue weighted by Gasteiger charge is 2.42. The molecule has 2 fully saturated rings. The summed E-state index contributed by atoms with van der Waals surface area (Å²) in [5.74, 6) is -1.17. The number of amides is 2. The molecule has 1 saturated carbocycles. The van der Waals surface area contributed by atoms with E-state index in [9.17, 15) is 14.4 Å². The minimum atomic E-state index is -1.09. The van der Waals surface area contributed by atoms with Crippen molar-refractivity contribution in [2.75, 3.05) is 25.5 Å². The third kappa shape index (κ3) is 6.23. The van der Waals surface area contributed by atoms with Crippen LogP contribution in [0.1, 0.15) is 65.9 Å². The molecule has 0 spiro atoms. The number of hydrogen-bond acceptors (Lipinski definition) is 6. The number of carboxylic acids is 1. The van der Waals surface area contributed by atoms with Crippen molar-refractivity contribution in [2.24, 2.45) is 7.05 Å². The Kier molecular flexibility index (Phi) is 8.49. The molecule has 1 aliphatic heterocycles. The Labute approximate surface area is 262 Å². The number of likely N-dealkylation sites (tertiary alicyclic amines) is 1. The number of fused-ring (bicyclic) bond motifs is 1. The number of piperidine rings is 1. The van der Waals surface area contributed by atoms with Crippen LogP contribution >= 0.6 is 0 Å². The van der Waals surface area contributed by atoms with Crippen molar-refractivity contribution in [1.82, 2.24) is 24.8 Å². The summed E-state index contributed by atoms with van der Waals surface area (Å²) >= 11 is 0. The van der Waals surface area contributed by atoms with Crippen molar-refractivity contribution < 1.29 is 19.5 Å². The SMILES string of the molecule is CN1CCC(NC(=O)c2ccc3c(C4CCCC4)c(-c4cnccn4)n(C)c3c2)(C(=O)Nc2ccc(/C=C/C(=O)O)cc2)CC1. The van der Waals surface area contributed by atoms with Crippen molar-refractivity contribution in [2.45, 2.75) is 50.0 Å². The molecule has 0 atom stereocenters. The van der Waals surface area contributed by atoms with Crippen molar-refractivity contribution in [3.05, 3.63) is 83.8 Å². The second-order valence-corrected chi connectivity index (χ2v) is 12.2. The average molecular weight is 607 g/mol. The maximum atomic E-state index is 13.9. The minimum Gasteiger partial charge on any atom is -0.478 e. The zero-order chi connectivity index (χ0) is 31.6. The number of hydrogen-bond donors (Lipinski definition) is 3. The number of aryl methyl sites for hydroxylation is 1. The molecular weight excluding hydrogens is 568 g/mol. The Morgan fingerprint density at radius 1 is 1.00 bits per heavy atom. The fourth-order valence-electron chi connectivity index (χ4n) is 6.76. The zero-order valence-electron chi connectivity index (χ0n) is 25.6. The van der Waals surface area contributed by atoms with E-state index in [0.717, 1.165) is 41.2 Å². The van der Waals surface area contributed by atoms with E-state index < -0.39 is 11.5 Å². The third-order valence-electron chi connectivity index (χ3n) is 9.29. The minimum absolute atomic E-state index is 0.272. The quantitative estimate of drug-likeness (QED) is 0.235. The van der Waals surface area contributed by atoms with Crippen LogP contribution in [0.15, 0.2) is 67.1 Å². The average Bonchev–Trinajstić information content (AvgIpc) is 3.68. The van der Waals surface area contributed by atoms with Gasteiger partial charge in [0.05, 0.1) is 11.9 Å². The fraction of sp³-hybridized carbons (Fsp3) is 0.343. The zero-order valence-corrected chi connectivity index (χ0v) is 25.6. The van der Waals surface area contributed by atoms with Crippen LogP contribution in [-0.2, 0) is 16.6 Å². The van der Waals surface area contributed by atoms with Crippen LogP contribution in [-0.4, -0.2) is 68.0 Å². The summed E-state index contributed by atoms with van der Waals surface area (Å²) in [6.07, 6.45) is 13.3. The van der Waals surface area contributed by atoms with Crippen molar-refractivity contribution in [3.63, 3.8) is 0 Å². The van der Waals surface area contributed by atoms with E-state index >= 15 is 0 Å². The van der Waals surface area contributed by atoms with Crippen LogP contribution in [0.3, 0.4) is 0 Å². The molecule has 2 aliphatic rings. The molecule has 2 amide bonds. The van der Waals surface area contributed by atoms with Gasteiger partial charge in [-0.2, -0.15) is 0 Å². The first kappa shape index (κ1) is 30.2. The first-order chi connectivity index (χ1) is 21.7. The van der Waals surface area contributed by atoms with Gasteiger partial charge in [0.2, 0.25) is 5.91 Å². The van der Waals surface area contributed by atoms with Gasteiger partial charge in [-0.25, -0.2) is 4.79 Å². The van der Waals surface area contributed by atoms with Crippen LogP contribution in [0.4, 0.5) is 5.69 Å². The molecule has 2 aromatic heterocycles. The van der Waals surface area contributed by atoms with Crippen molar-refractivity contribution in [1.29, 1.82) is 0 Å². The predicted octanol–water partition coefficient (Wildman–Crippen LogP) is 5.22. The van der Waals surface area contributed by atoms with Crippen molar-refractivity contribution in [3.8, 4) is 11.4 Å². The lowest BCUT2D eigenvalue weighted by atomic mass is 9.86. The van der Waals surface area contributed by atoms with Gasteiger partial charge in [-0.3, -0.25) is 19.6 Å². The van der Waals surface area contributed by atoms with Gasteiger partial charge in [0, 0.05) is 60.8 Å². The summed E-state index contributed by atoms with van der Waals surface area (Å²) < 4.78 is 2.12. The van der Waals surface area contributed by atoms with E-state index in [4.69, 9.17) is 5.11 Å². The molecule has 3 heterocycles. The highest BCUT2D eigenvalue weighted by molar-refractivity contribution is 6.05. The van der Waals surface area contributed by atoms with Gasteiger partial charge in [-0.15, -0.1) is 0 Å². The Hall–Kier alpha value is -4.83. The van der Waals surface area contributed by atoms with E-state index in [1.54, 1.807) is 42.9 Å². The van der Waals surface area contributed by atoms with Gasteiger partial charge in [0.15, 0.2) is 0 Å². The highest BCUT2D eigenvalue weighted by Crippen LogP contribution is 2.44. The first-order valence-electron chi connectivity index (χ1n) is 15.5. The summed E-state index contributed by atoms with van der Waals surface area (Å²) in [4.78, 5) is 49.7. The Morgan fingerprint density at radius 3 is 2.40 bits per heavy atom. The maximum absolute atomic E-state index is 13.9. The van der Waals surface area contributed by atoms with Gasteiger partial charge in [-0.1, -0.05) is 31.0 Å². The molecule has 10 heteroatoms.